The summed E-state index contributed by atoms with van der Waals surface area (Å²) in [5, 5.41) is 8.80. The Hall–Kier alpha value is -3.67. The van der Waals surface area contributed by atoms with Crippen LogP contribution in [0, 0.1) is 0 Å². The highest BCUT2D eigenvalue weighted by Gasteiger charge is 2.06. The smallest absolute Gasteiger partial charge is 0.259 e. The number of carbonyl (C=O) groups is 2. The highest BCUT2D eigenvalue weighted by atomic mass is 16.3. The van der Waals surface area contributed by atoms with Crippen LogP contribution in [0.2, 0.25) is 0 Å². The van der Waals surface area contributed by atoms with E-state index in [1.54, 1.807) is 12.1 Å². The maximum Gasteiger partial charge on any atom is 0.259 e. The molecule has 0 aliphatic heterocycles. The maximum absolute atomic E-state index is 11.9. The number of hydrogen-bond donors (Lipinski definition) is 2. The molecule has 2 amide bonds. The van der Waals surface area contributed by atoms with Gasteiger partial charge in [-0.25, -0.2) is 5.43 Å². The SMILES string of the molecule is C/C(=N\NC(=O)CNC(=O)/C=C/c1ccco1)c1cccc2ccccc12. The molecular weight excluding hydrogens is 342 g/mol. The number of amides is 2. The van der Waals surface area contributed by atoms with Crippen molar-refractivity contribution >= 4 is 34.4 Å². The third-order valence-electron chi connectivity index (χ3n) is 3.89. The molecule has 0 spiro atoms. The molecule has 0 atom stereocenters. The minimum absolute atomic E-state index is 0.173. The van der Waals surface area contributed by atoms with Gasteiger partial charge in [0.2, 0.25) is 5.91 Å². The Bertz CT molecular complexity index is 999. The number of nitrogens with one attached hydrogen (secondary N) is 2. The quantitative estimate of drug-likeness (QED) is 0.402. The summed E-state index contributed by atoms with van der Waals surface area (Å²) in [6, 6.07) is 17.3. The number of furan rings is 1. The van der Waals surface area contributed by atoms with Crippen LogP contribution in [0.3, 0.4) is 0 Å². The van der Waals surface area contributed by atoms with Crippen LogP contribution in [0.4, 0.5) is 0 Å². The van der Waals surface area contributed by atoms with E-state index in [9.17, 15) is 9.59 Å². The van der Waals surface area contributed by atoms with Crippen LogP contribution in [-0.2, 0) is 9.59 Å². The molecule has 0 fully saturated rings. The molecule has 0 saturated carbocycles. The van der Waals surface area contributed by atoms with Gasteiger partial charge in [-0.2, -0.15) is 5.10 Å². The number of hydrazone groups is 1. The molecule has 0 aliphatic rings. The Labute approximate surface area is 156 Å². The van der Waals surface area contributed by atoms with Gasteiger partial charge in [-0.05, 0) is 35.9 Å². The molecule has 1 heterocycles. The summed E-state index contributed by atoms with van der Waals surface area (Å²) in [6.07, 6.45) is 4.34. The highest BCUT2D eigenvalue weighted by molar-refractivity contribution is 6.10. The first-order chi connectivity index (χ1) is 13.1. The van der Waals surface area contributed by atoms with Crippen molar-refractivity contribution in [3.05, 3.63) is 78.3 Å². The van der Waals surface area contributed by atoms with Crippen molar-refractivity contribution in [1.82, 2.24) is 10.7 Å². The number of rotatable bonds is 6. The van der Waals surface area contributed by atoms with Crippen molar-refractivity contribution in [2.24, 2.45) is 5.10 Å². The van der Waals surface area contributed by atoms with Crippen molar-refractivity contribution < 1.29 is 14.0 Å². The van der Waals surface area contributed by atoms with Crippen molar-refractivity contribution in [2.45, 2.75) is 6.92 Å². The molecule has 0 saturated heterocycles. The van der Waals surface area contributed by atoms with Crippen molar-refractivity contribution in [3.63, 3.8) is 0 Å². The summed E-state index contributed by atoms with van der Waals surface area (Å²) in [7, 11) is 0. The van der Waals surface area contributed by atoms with Crippen LogP contribution in [0.5, 0.6) is 0 Å². The van der Waals surface area contributed by atoms with Crippen LogP contribution in [-0.4, -0.2) is 24.1 Å². The standard InChI is InChI=1S/C21H19N3O3/c1-15(18-10-4-7-16-6-2-3-9-19(16)18)23-24-21(26)14-22-20(25)12-11-17-8-5-13-27-17/h2-13H,14H2,1H3,(H,22,25)(H,24,26)/b12-11+,23-15+. The van der Waals surface area contributed by atoms with E-state index in [1.807, 2.05) is 49.4 Å². The summed E-state index contributed by atoms with van der Waals surface area (Å²) >= 11 is 0. The Kier molecular flexibility index (Phi) is 5.79. The second-order valence-electron chi connectivity index (χ2n) is 5.83. The van der Waals surface area contributed by atoms with Crippen LogP contribution >= 0.6 is 0 Å². The minimum Gasteiger partial charge on any atom is -0.465 e. The van der Waals surface area contributed by atoms with Crippen LogP contribution in [0.25, 0.3) is 16.8 Å². The predicted molar refractivity (Wildman–Crippen MR) is 105 cm³/mol. The molecule has 0 radical (unpaired) electrons. The summed E-state index contributed by atoms with van der Waals surface area (Å²) in [5.41, 5.74) is 4.09. The van der Waals surface area contributed by atoms with Gasteiger partial charge in [0.05, 0.1) is 18.5 Å². The number of nitrogens with zero attached hydrogens (tertiary/aromatic N) is 1. The van der Waals surface area contributed by atoms with E-state index in [0.717, 1.165) is 16.3 Å². The topological polar surface area (TPSA) is 83.7 Å². The molecule has 1 aromatic heterocycles. The first-order valence-electron chi connectivity index (χ1n) is 8.44. The summed E-state index contributed by atoms with van der Waals surface area (Å²) < 4.78 is 5.08. The van der Waals surface area contributed by atoms with E-state index < -0.39 is 11.8 Å². The lowest BCUT2D eigenvalue weighted by Crippen LogP contribution is -2.34. The summed E-state index contributed by atoms with van der Waals surface area (Å²) in [6.45, 7) is 1.65. The molecule has 27 heavy (non-hydrogen) atoms. The van der Waals surface area contributed by atoms with E-state index in [4.69, 9.17) is 4.42 Å². The Morgan fingerprint density at radius 3 is 2.70 bits per heavy atom. The largest absolute Gasteiger partial charge is 0.465 e. The molecule has 6 nitrogen and oxygen atoms in total. The van der Waals surface area contributed by atoms with Gasteiger partial charge in [0.1, 0.15) is 5.76 Å². The third-order valence-corrected chi connectivity index (χ3v) is 3.89. The van der Waals surface area contributed by atoms with Crippen LogP contribution in [0.1, 0.15) is 18.2 Å². The maximum atomic E-state index is 11.9. The summed E-state index contributed by atoms with van der Waals surface area (Å²) in [5.74, 6) is -0.240. The van der Waals surface area contributed by atoms with Gasteiger partial charge in [-0.1, -0.05) is 42.5 Å². The lowest BCUT2D eigenvalue weighted by atomic mass is 10.0. The fourth-order valence-corrected chi connectivity index (χ4v) is 2.56. The normalized spacial score (nSPS) is 11.7. The average molecular weight is 361 g/mol. The number of carbonyl (C=O) groups excluding carboxylic acids is 2. The lowest BCUT2D eigenvalue weighted by Gasteiger charge is -2.07. The minimum atomic E-state index is -0.408. The van der Waals surface area contributed by atoms with Crippen LogP contribution in [0.15, 0.2) is 76.5 Å². The number of fused-ring (bicyclic) bond motifs is 1. The zero-order chi connectivity index (χ0) is 19.1. The van der Waals surface area contributed by atoms with Crippen LogP contribution < -0.4 is 10.7 Å². The Balaban J connectivity index is 1.55. The van der Waals surface area contributed by atoms with Gasteiger partial charge in [0, 0.05) is 11.6 Å². The zero-order valence-corrected chi connectivity index (χ0v) is 14.8. The molecule has 6 heteroatoms. The van der Waals surface area contributed by atoms with E-state index in [1.165, 1.54) is 18.4 Å². The zero-order valence-electron chi connectivity index (χ0n) is 14.8. The van der Waals surface area contributed by atoms with Gasteiger partial charge < -0.3 is 9.73 Å². The van der Waals surface area contributed by atoms with E-state index in [-0.39, 0.29) is 6.54 Å². The second-order valence-corrected chi connectivity index (χ2v) is 5.83. The molecule has 2 aromatic carbocycles. The van der Waals surface area contributed by atoms with E-state index in [0.29, 0.717) is 11.5 Å². The van der Waals surface area contributed by atoms with Gasteiger partial charge in [0.15, 0.2) is 0 Å². The number of hydrogen-bond acceptors (Lipinski definition) is 4. The van der Waals surface area contributed by atoms with Crippen molar-refractivity contribution in [1.29, 1.82) is 0 Å². The van der Waals surface area contributed by atoms with E-state index >= 15 is 0 Å². The molecular formula is C21H19N3O3. The molecule has 0 bridgehead atoms. The van der Waals surface area contributed by atoms with Crippen molar-refractivity contribution in [2.75, 3.05) is 6.54 Å². The second kappa shape index (κ2) is 8.62. The fourth-order valence-electron chi connectivity index (χ4n) is 2.56. The first-order valence-corrected chi connectivity index (χ1v) is 8.44. The molecule has 136 valence electrons. The number of benzene rings is 2. The monoisotopic (exact) mass is 361 g/mol. The van der Waals surface area contributed by atoms with Crippen molar-refractivity contribution in [3.8, 4) is 0 Å². The molecule has 2 N–H and O–H groups in total. The predicted octanol–water partition coefficient (Wildman–Crippen LogP) is 3.10. The first kappa shape index (κ1) is 18.1. The lowest BCUT2D eigenvalue weighted by molar-refractivity contribution is -0.123. The van der Waals surface area contributed by atoms with Gasteiger partial charge in [-0.3, -0.25) is 9.59 Å². The molecule has 0 unspecified atom stereocenters. The Morgan fingerprint density at radius 1 is 1.07 bits per heavy atom. The van der Waals surface area contributed by atoms with Gasteiger partial charge in [0.25, 0.3) is 5.91 Å². The van der Waals surface area contributed by atoms with Gasteiger partial charge in [-0.15, -0.1) is 0 Å². The molecule has 0 aliphatic carbocycles. The van der Waals surface area contributed by atoms with E-state index in [2.05, 4.69) is 15.8 Å². The summed E-state index contributed by atoms with van der Waals surface area (Å²) in [4.78, 5) is 23.6. The molecule has 3 aromatic rings. The Morgan fingerprint density at radius 2 is 1.89 bits per heavy atom. The highest BCUT2D eigenvalue weighted by Crippen LogP contribution is 2.18. The fraction of sp³-hybridized carbons (Fsp3) is 0.0952. The van der Waals surface area contributed by atoms with Gasteiger partial charge >= 0.3 is 0 Å². The third kappa shape index (κ3) is 4.92. The average Bonchev–Trinajstić information content (AvgIpc) is 3.22. The molecule has 3 rings (SSSR count).